The maximum atomic E-state index is 12.6. The third-order valence-electron chi connectivity index (χ3n) is 5.21. The number of carbonyl (C=O) groups excluding carboxylic acids is 2. The van der Waals surface area contributed by atoms with Gasteiger partial charge in [-0.1, -0.05) is 18.2 Å². The molecule has 1 aromatic carbocycles. The Morgan fingerprint density at radius 3 is 2.88 bits per heavy atom. The van der Waals surface area contributed by atoms with E-state index in [4.69, 9.17) is 0 Å². The van der Waals surface area contributed by atoms with E-state index in [0.717, 1.165) is 24.1 Å². The first kappa shape index (κ1) is 17.0. The zero-order chi connectivity index (χ0) is 17.3. The van der Waals surface area contributed by atoms with E-state index in [2.05, 4.69) is 5.32 Å². The van der Waals surface area contributed by atoms with Crippen LogP contribution in [0.25, 0.3) is 0 Å². The molecule has 0 spiro atoms. The van der Waals surface area contributed by atoms with Crippen LogP contribution in [0.1, 0.15) is 45.1 Å². The molecule has 0 radical (unpaired) electrons. The van der Waals surface area contributed by atoms with Gasteiger partial charge in [-0.15, -0.1) is 0 Å². The Morgan fingerprint density at radius 1 is 1.38 bits per heavy atom. The molecule has 24 heavy (non-hydrogen) atoms. The van der Waals surface area contributed by atoms with Crippen LogP contribution in [0.2, 0.25) is 0 Å². The summed E-state index contributed by atoms with van der Waals surface area (Å²) in [5, 5.41) is 13.2. The standard InChI is InChI=1S/C19H26N2O3/c1-19(2,24)16-8-5-11-21(16)17(22)10-9-14-12-13-6-3-4-7-15(13)20-18(14)23/h3-4,6-7,14,16,24H,5,8-12H2,1-2H3,(H,20,23). The Hall–Kier alpha value is -1.88. The minimum absolute atomic E-state index is 0.00181. The molecule has 2 heterocycles. The highest BCUT2D eigenvalue weighted by Crippen LogP contribution is 2.30. The van der Waals surface area contributed by atoms with E-state index >= 15 is 0 Å². The number of nitrogens with one attached hydrogen (secondary N) is 1. The Bertz CT molecular complexity index is 636. The Labute approximate surface area is 143 Å². The van der Waals surface area contributed by atoms with Crippen molar-refractivity contribution in [3.8, 4) is 0 Å². The molecule has 1 fully saturated rings. The number of amides is 2. The first-order valence-corrected chi connectivity index (χ1v) is 8.77. The van der Waals surface area contributed by atoms with Crippen molar-refractivity contribution in [2.45, 2.75) is 57.6 Å². The fraction of sp³-hybridized carbons (Fsp3) is 0.579. The van der Waals surface area contributed by atoms with Crippen LogP contribution in [0.5, 0.6) is 0 Å². The molecule has 1 aromatic rings. The molecule has 3 rings (SSSR count). The van der Waals surface area contributed by atoms with E-state index < -0.39 is 5.60 Å². The van der Waals surface area contributed by atoms with Crippen molar-refractivity contribution in [1.82, 2.24) is 4.90 Å². The molecule has 1 saturated heterocycles. The highest BCUT2D eigenvalue weighted by molar-refractivity contribution is 5.96. The molecule has 2 aliphatic rings. The largest absolute Gasteiger partial charge is 0.388 e. The molecular weight excluding hydrogens is 304 g/mol. The summed E-state index contributed by atoms with van der Waals surface area (Å²) < 4.78 is 0. The van der Waals surface area contributed by atoms with Gasteiger partial charge in [-0.2, -0.15) is 0 Å². The first-order chi connectivity index (χ1) is 11.4. The zero-order valence-corrected chi connectivity index (χ0v) is 14.4. The summed E-state index contributed by atoms with van der Waals surface area (Å²) in [6, 6.07) is 7.69. The Morgan fingerprint density at radius 2 is 2.12 bits per heavy atom. The van der Waals surface area contributed by atoms with Crippen molar-refractivity contribution in [3.63, 3.8) is 0 Å². The molecular formula is C19H26N2O3. The SMILES string of the molecule is CC(C)(O)C1CCCN1C(=O)CCC1Cc2ccccc2NC1=O. The molecule has 2 aliphatic heterocycles. The highest BCUT2D eigenvalue weighted by Gasteiger charge is 2.38. The van der Waals surface area contributed by atoms with Gasteiger partial charge < -0.3 is 15.3 Å². The van der Waals surface area contributed by atoms with E-state index in [1.807, 2.05) is 24.3 Å². The molecule has 5 heteroatoms. The predicted octanol–water partition coefficient (Wildman–Crippen LogP) is 2.34. The molecule has 0 bridgehead atoms. The van der Waals surface area contributed by atoms with Crippen LogP contribution in [0, 0.1) is 5.92 Å². The van der Waals surface area contributed by atoms with Crippen molar-refractivity contribution in [2.24, 2.45) is 5.92 Å². The molecule has 0 aliphatic carbocycles. The van der Waals surface area contributed by atoms with Gasteiger partial charge in [0, 0.05) is 24.6 Å². The summed E-state index contributed by atoms with van der Waals surface area (Å²) in [5.74, 6) is -0.111. The molecule has 2 atom stereocenters. The van der Waals surface area contributed by atoms with Crippen molar-refractivity contribution < 1.29 is 14.7 Å². The van der Waals surface area contributed by atoms with Crippen LogP contribution < -0.4 is 5.32 Å². The number of hydrogen-bond acceptors (Lipinski definition) is 3. The smallest absolute Gasteiger partial charge is 0.227 e. The highest BCUT2D eigenvalue weighted by atomic mass is 16.3. The van der Waals surface area contributed by atoms with Gasteiger partial charge in [-0.3, -0.25) is 9.59 Å². The van der Waals surface area contributed by atoms with Gasteiger partial charge in [0.15, 0.2) is 0 Å². The number of carbonyl (C=O) groups is 2. The number of para-hydroxylation sites is 1. The zero-order valence-electron chi connectivity index (χ0n) is 14.4. The summed E-state index contributed by atoms with van der Waals surface area (Å²) in [6.45, 7) is 4.22. The van der Waals surface area contributed by atoms with Crippen molar-refractivity contribution in [2.75, 3.05) is 11.9 Å². The lowest BCUT2D eigenvalue weighted by atomic mass is 9.89. The van der Waals surface area contributed by atoms with E-state index in [0.29, 0.717) is 25.8 Å². The maximum Gasteiger partial charge on any atom is 0.227 e. The van der Waals surface area contributed by atoms with Crippen molar-refractivity contribution >= 4 is 17.5 Å². The molecule has 5 nitrogen and oxygen atoms in total. The monoisotopic (exact) mass is 330 g/mol. The lowest BCUT2D eigenvalue weighted by Crippen LogP contribution is -2.48. The van der Waals surface area contributed by atoms with Crippen LogP contribution in [0.15, 0.2) is 24.3 Å². The predicted molar refractivity (Wildman–Crippen MR) is 92.5 cm³/mol. The molecule has 0 saturated carbocycles. The summed E-state index contributed by atoms with van der Waals surface area (Å²) in [6.07, 6.45) is 3.36. The number of rotatable bonds is 4. The third-order valence-corrected chi connectivity index (χ3v) is 5.21. The second-order valence-electron chi connectivity index (χ2n) is 7.48. The Balaban J connectivity index is 1.60. The van der Waals surface area contributed by atoms with Gasteiger partial charge in [0.2, 0.25) is 11.8 Å². The van der Waals surface area contributed by atoms with E-state index in [-0.39, 0.29) is 23.8 Å². The van der Waals surface area contributed by atoms with Gasteiger partial charge in [0.1, 0.15) is 0 Å². The molecule has 2 unspecified atom stereocenters. The maximum absolute atomic E-state index is 12.6. The van der Waals surface area contributed by atoms with Crippen LogP contribution in [-0.2, 0) is 16.0 Å². The second kappa shape index (κ2) is 6.55. The number of benzene rings is 1. The fourth-order valence-corrected chi connectivity index (χ4v) is 3.89. The normalized spacial score (nSPS) is 23.8. The average Bonchev–Trinajstić information content (AvgIpc) is 3.02. The molecule has 130 valence electrons. The summed E-state index contributed by atoms with van der Waals surface area (Å²) in [5.41, 5.74) is 1.13. The first-order valence-electron chi connectivity index (χ1n) is 8.77. The fourth-order valence-electron chi connectivity index (χ4n) is 3.89. The van der Waals surface area contributed by atoms with Crippen molar-refractivity contribution in [3.05, 3.63) is 29.8 Å². The second-order valence-corrected chi connectivity index (χ2v) is 7.48. The number of nitrogens with zero attached hydrogens (tertiary/aromatic N) is 1. The molecule has 2 amide bonds. The van der Waals surface area contributed by atoms with Crippen LogP contribution >= 0.6 is 0 Å². The van der Waals surface area contributed by atoms with Gasteiger partial charge in [-0.05, 0) is 51.2 Å². The van der Waals surface area contributed by atoms with Gasteiger partial charge in [0.25, 0.3) is 0 Å². The number of aliphatic hydroxyl groups is 1. The quantitative estimate of drug-likeness (QED) is 0.890. The number of fused-ring (bicyclic) bond motifs is 1. The minimum atomic E-state index is -0.882. The van der Waals surface area contributed by atoms with Crippen LogP contribution in [0.3, 0.4) is 0 Å². The number of hydrogen-bond donors (Lipinski definition) is 2. The van der Waals surface area contributed by atoms with Crippen LogP contribution in [0.4, 0.5) is 5.69 Å². The Kier molecular flexibility index (Phi) is 4.63. The number of likely N-dealkylation sites (tertiary alicyclic amines) is 1. The topological polar surface area (TPSA) is 69.6 Å². The summed E-state index contributed by atoms with van der Waals surface area (Å²) in [4.78, 5) is 26.6. The van der Waals surface area contributed by atoms with E-state index in [9.17, 15) is 14.7 Å². The van der Waals surface area contributed by atoms with Crippen molar-refractivity contribution in [1.29, 1.82) is 0 Å². The van der Waals surface area contributed by atoms with E-state index in [1.165, 1.54) is 0 Å². The summed E-state index contributed by atoms with van der Waals surface area (Å²) in [7, 11) is 0. The average molecular weight is 330 g/mol. The number of anilines is 1. The van der Waals surface area contributed by atoms with Gasteiger partial charge in [0.05, 0.1) is 11.6 Å². The molecule has 0 aromatic heterocycles. The van der Waals surface area contributed by atoms with E-state index in [1.54, 1.807) is 18.7 Å². The summed E-state index contributed by atoms with van der Waals surface area (Å²) >= 11 is 0. The van der Waals surface area contributed by atoms with Gasteiger partial charge >= 0.3 is 0 Å². The minimum Gasteiger partial charge on any atom is -0.388 e. The van der Waals surface area contributed by atoms with Gasteiger partial charge in [-0.25, -0.2) is 0 Å². The van der Waals surface area contributed by atoms with Crippen LogP contribution in [-0.4, -0.2) is 40.0 Å². The molecule has 2 N–H and O–H groups in total. The lowest BCUT2D eigenvalue weighted by molar-refractivity contribution is -0.137. The third kappa shape index (κ3) is 3.46. The lowest BCUT2D eigenvalue weighted by Gasteiger charge is -2.34.